The Bertz CT molecular complexity index is 97.2. The third kappa shape index (κ3) is 58.0. The molecule has 0 rings (SSSR count). The van der Waals surface area contributed by atoms with Crippen LogP contribution >= 0.6 is 0 Å². The van der Waals surface area contributed by atoms with E-state index >= 15 is 0 Å². The third-order valence-electron chi connectivity index (χ3n) is 0. The topological polar surface area (TPSA) is 74.6 Å². The Balaban J connectivity index is -0.0000000267. The van der Waals surface area contributed by atoms with Crippen molar-refractivity contribution in [3.05, 3.63) is 0 Å². The maximum atomic E-state index is 8.82. The van der Waals surface area contributed by atoms with E-state index in [1.807, 2.05) is 0 Å². The Morgan fingerprint density at radius 2 is 1.33 bits per heavy atom. The molecule has 0 spiro atoms. The molecule has 36 valence electrons. The van der Waals surface area contributed by atoms with Crippen LogP contribution in [0.1, 0.15) is 2.85 Å². The summed E-state index contributed by atoms with van der Waals surface area (Å²) in [6, 6.07) is 0. The van der Waals surface area contributed by atoms with Crippen molar-refractivity contribution in [2.45, 2.75) is 0 Å². The second kappa shape index (κ2) is 3.32. The normalized spacial score (nSPS) is 9.67. The fourth-order valence-electron chi connectivity index (χ4n) is 0. The molecule has 0 amide bonds. The van der Waals surface area contributed by atoms with Gasteiger partial charge in [-0.3, -0.25) is 0 Å². The quantitative estimate of drug-likeness (QED) is 0.435. The molecule has 0 atom stereocenters. The van der Waals surface area contributed by atoms with Gasteiger partial charge in [-0.15, -0.1) is 0 Å². The summed E-state index contributed by atoms with van der Waals surface area (Å²) in [5.74, 6) is 0. The predicted octanol–water partition coefficient (Wildman–Crippen LogP) is -1.89. The summed E-state index contributed by atoms with van der Waals surface area (Å²) in [6.07, 6.45) is 0. The molecule has 6 heteroatoms. The summed E-state index contributed by atoms with van der Waals surface area (Å²) in [5, 5.41) is 0. The van der Waals surface area contributed by atoms with Gasteiger partial charge in [-0.05, 0) is 0 Å². The summed E-state index contributed by atoms with van der Waals surface area (Å²) in [5.41, 5.74) is 0. The van der Waals surface area contributed by atoms with E-state index in [1.165, 1.54) is 0 Å². The molecule has 0 heterocycles. The van der Waals surface area contributed by atoms with Gasteiger partial charge in [-0.1, -0.05) is 0 Å². The molecule has 0 aromatic carbocycles. The van der Waals surface area contributed by atoms with Crippen molar-refractivity contribution in [2.24, 2.45) is 0 Å². The molecule has 0 aliphatic heterocycles. The molecule has 0 saturated carbocycles. The molecule has 0 aliphatic rings. The molecular formula is H4CaO4Se. The zero-order chi connectivity index (χ0) is 4.50. The fraction of sp³-hybridized carbons (Fsp3) is 0. The van der Waals surface area contributed by atoms with Crippen LogP contribution in [-0.4, -0.2) is 59.5 Å². The summed E-state index contributed by atoms with van der Waals surface area (Å²) in [6.45, 7) is 0. The fourth-order valence-corrected chi connectivity index (χ4v) is 0. The van der Waals surface area contributed by atoms with Gasteiger partial charge in [0.05, 0.1) is 0 Å². The van der Waals surface area contributed by atoms with Crippen molar-refractivity contribution >= 4 is 51.1 Å². The maximum Gasteiger partial charge on any atom is 2.00 e. The molecular weight excluding hydrogens is 183 g/mol. The average molecular weight is 187 g/mol. The van der Waals surface area contributed by atoms with E-state index in [-0.39, 0.29) is 40.6 Å². The first kappa shape index (κ1) is 10.3. The molecule has 0 aromatic rings. The van der Waals surface area contributed by atoms with Gasteiger partial charge in [-0.25, -0.2) is 0 Å². The summed E-state index contributed by atoms with van der Waals surface area (Å²) in [7, 11) is 0. The van der Waals surface area contributed by atoms with Crippen LogP contribution in [0.25, 0.3) is 0 Å². The van der Waals surface area contributed by atoms with E-state index < -0.39 is 13.4 Å². The van der Waals surface area contributed by atoms with Crippen LogP contribution in [0.5, 0.6) is 0 Å². The minimum Gasteiger partial charge on any atom is -1.00 e. The van der Waals surface area contributed by atoms with Gasteiger partial charge < -0.3 is 2.85 Å². The monoisotopic (exact) mass is 188 g/mol. The first-order valence-corrected chi connectivity index (χ1v) is 3.63. The molecule has 0 unspecified atom stereocenters. The van der Waals surface area contributed by atoms with Crippen LogP contribution in [0.4, 0.5) is 0 Å². The Morgan fingerprint density at radius 1 is 1.33 bits per heavy atom. The smallest absolute Gasteiger partial charge is 1.00 e. The van der Waals surface area contributed by atoms with Crippen LogP contribution in [0, 0.1) is 0 Å². The molecule has 0 aromatic heterocycles. The average Bonchev–Trinajstić information content (AvgIpc) is 0.722. The van der Waals surface area contributed by atoms with Crippen molar-refractivity contribution in [1.29, 1.82) is 0 Å². The molecule has 0 saturated heterocycles. The molecule has 0 radical (unpaired) electrons. The van der Waals surface area contributed by atoms with Crippen molar-refractivity contribution in [2.75, 3.05) is 0 Å². The molecule has 2 N–H and O–H groups in total. The molecule has 0 fully saturated rings. The van der Waals surface area contributed by atoms with Crippen LogP contribution in [0.15, 0.2) is 0 Å². The van der Waals surface area contributed by atoms with Gasteiger partial charge in [0.1, 0.15) is 0 Å². The van der Waals surface area contributed by atoms with Gasteiger partial charge in [0.15, 0.2) is 0 Å². The van der Waals surface area contributed by atoms with Crippen LogP contribution in [-0.2, 0) is 7.67 Å². The Hall–Kier alpha value is 1.30. The molecule has 0 bridgehead atoms. The number of hydrogen-bond acceptors (Lipinski definition) is 2. The van der Waals surface area contributed by atoms with Gasteiger partial charge >= 0.3 is 67.2 Å². The van der Waals surface area contributed by atoms with E-state index in [2.05, 4.69) is 0 Å². The van der Waals surface area contributed by atoms with E-state index in [1.54, 1.807) is 0 Å². The second-order valence-electron chi connectivity index (χ2n) is 0.448. The Labute approximate surface area is 69.4 Å². The summed E-state index contributed by atoms with van der Waals surface area (Å²) in [4.78, 5) is 0. The van der Waals surface area contributed by atoms with E-state index in [9.17, 15) is 0 Å². The van der Waals surface area contributed by atoms with E-state index in [0.29, 0.717) is 0 Å². The van der Waals surface area contributed by atoms with Gasteiger partial charge in [0.25, 0.3) is 0 Å². The minimum absolute atomic E-state index is 0. The first-order chi connectivity index (χ1) is 2.00. The molecule has 6 heavy (non-hydrogen) atoms. The van der Waals surface area contributed by atoms with Gasteiger partial charge in [0, 0.05) is 0 Å². The van der Waals surface area contributed by atoms with Crippen molar-refractivity contribution in [1.82, 2.24) is 0 Å². The largest absolute Gasteiger partial charge is 2.00 e. The minimum atomic E-state index is -5.25. The molecule has 4 nitrogen and oxygen atoms in total. The summed E-state index contributed by atoms with van der Waals surface area (Å²) >= 11 is -5.25. The zero-order valence-electron chi connectivity index (χ0n) is 4.83. The van der Waals surface area contributed by atoms with E-state index in [4.69, 9.17) is 16.0 Å². The molecule has 0 aliphatic carbocycles. The van der Waals surface area contributed by atoms with Crippen molar-refractivity contribution in [3.8, 4) is 0 Å². The first-order valence-electron chi connectivity index (χ1n) is 0.698. The van der Waals surface area contributed by atoms with Gasteiger partial charge in [-0.2, -0.15) is 0 Å². The van der Waals surface area contributed by atoms with Crippen LogP contribution < -0.4 is 0 Å². The predicted molar refractivity (Wildman–Crippen MR) is 19.5 cm³/mol. The summed E-state index contributed by atoms with van der Waals surface area (Å²) < 4.78 is 31.9. The SMILES string of the molecule is O=[Se](=O)(O)O.[Ca+2].[H-].[H-]. The number of rotatable bonds is 0. The van der Waals surface area contributed by atoms with Gasteiger partial charge in [0.2, 0.25) is 0 Å². The van der Waals surface area contributed by atoms with Crippen LogP contribution in [0.3, 0.4) is 0 Å². The third-order valence-corrected chi connectivity index (χ3v) is 0. The van der Waals surface area contributed by atoms with Crippen molar-refractivity contribution in [3.63, 3.8) is 0 Å². The van der Waals surface area contributed by atoms with Crippen LogP contribution in [0.2, 0.25) is 0 Å². The second-order valence-corrected chi connectivity index (χ2v) is 2.33. The maximum absolute atomic E-state index is 8.82. The standard InChI is InChI=1S/Ca.H2O4Se.2H/c;1-5(2,3)4;;/h;(H2,1,2,3,4);;/q+2;;2*-1. The van der Waals surface area contributed by atoms with Crippen molar-refractivity contribution < 1.29 is 18.9 Å². The van der Waals surface area contributed by atoms with E-state index in [0.717, 1.165) is 0 Å². The zero-order valence-corrected chi connectivity index (χ0v) is 6.75. The number of hydrogen-bond donors (Lipinski definition) is 2. The Kier molecular flexibility index (Phi) is 5.71. The Morgan fingerprint density at radius 3 is 1.33 bits per heavy atom.